The van der Waals surface area contributed by atoms with Crippen molar-refractivity contribution in [1.29, 1.82) is 0 Å². The van der Waals surface area contributed by atoms with Gasteiger partial charge in [0.1, 0.15) is 0 Å². The van der Waals surface area contributed by atoms with Crippen molar-refractivity contribution in [3.05, 3.63) is 35.9 Å². The molecular formula is C29H44N4O2. The summed E-state index contributed by atoms with van der Waals surface area (Å²) in [6.45, 7) is 8.20. The molecule has 192 valence electrons. The summed E-state index contributed by atoms with van der Waals surface area (Å²) in [5.74, 6) is 1.65. The van der Waals surface area contributed by atoms with E-state index in [0.717, 1.165) is 51.9 Å². The fourth-order valence-electron chi connectivity index (χ4n) is 7.58. The van der Waals surface area contributed by atoms with Crippen molar-refractivity contribution < 1.29 is 9.59 Å². The molecule has 0 spiro atoms. The fourth-order valence-corrected chi connectivity index (χ4v) is 7.58. The highest BCUT2D eigenvalue weighted by Gasteiger charge is 2.48. The smallest absolute Gasteiger partial charge is 0.220 e. The first-order chi connectivity index (χ1) is 17.1. The zero-order chi connectivity index (χ0) is 24.2. The summed E-state index contributed by atoms with van der Waals surface area (Å²) in [6, 6.07) is 11.9. The molecule has 0 aromatic heterocycles. The molecule has 6 heteroatoms. The van der Waals surface area contributed by atoms with E-state index in [1.807, 2.05) is 0 Å². The lowest BCUT2D eigenvalue weighted by molar-refractivity contribution is -0.144. The van der Waals surface area contributed by atoms with Crippen molar-refractivity contribution in [3.63, 3.8) is 0 Å². The second kappa shape index (κ2) is 11.4. The molecule has 4 fully saturated rings. The van der Waals surface area contributed by atoms with Gasteiger partial charge in [-0.2, -0.15) is 0 Å². The highest BCUT2D eigenvalue weighted by molar-refractivity contribution is 5.76. The van der Waals surface area contributed by atoms with Crippen LogP contribution in [0.4, 0.5) is 0 Å². The number of amides is 2. The topological polar surface area (TPSA) is 55.9 Å². The van der Waals surface area contributed by atoms with E-state index in [1.165, 1.54) is 44.3 Å². The van der Waals surface area contributed by atoms with Crippen molar-refractivity contribution in [1.82, 2.24) is 20.0 Å². The molecule has 6 nitrogen and oxygen atoms in total. The Labute approximate surface area is 211 Å². The van der Waals surface area contributed by atoms with Crippen LogP contribution in [0, 0.1) is 11.8 Å². The number of hydrogen-bond donors (Lipinski definition) is 1. The third-order valence-electron chi connectivity index (χ3n) is 9.18. The fraction of sp³-hybridized carbons (Fsp3) is 0.724. The van der Waals surface area contributed by atoms with Crippen LogP contribution in [0.5, 0.6) is 0 Å². The van der Waals surface area contributed by atoms with E-state index in [0.29, 0.717) is 36.4 Å². The van der Waals surface area contributed by atoms with Crippen molar-refractivity contribution in [2.24, 2.45) is 11.8 Å². The SMILES string of the molecule is CC(=O)N1C[C@@H]2CCCN3CCC[C@@H]([C@H]23)[C@H]1CCCC(=O)NC1CCN(Cc2ccccc2)CC1. The predicted octanol–water partition coefficient (Wildman–Crippen LogP) is 3.66. The first kappa shape index (κ1) is 24.8. The Morgan fingerprint density at radius 1 is 0.971 bits per heavy atom. The van der Waals surface area contributed by atoms with Gasteiger partial charge >= 0.3 is 0 Å². The maximum absolute atomic E-state index is 12.8. The normalized spacial score (nSPS) is 30.0. The van der Waals surface area contributed by atoms with Crippen molar-refractivity contribution in [2.45, 2.75) is 89.4 Å². The Bertz CT molecular complexity index is 851. The number of carbonyl (C=O) groups excluding carboxylic acids is 2. The number of benzene rings is 1. The molecule has 4 atom stereocenters. The number of carbonyl (C=O) groups is 2. The van der Waals surface area contributed by atoms with Crippen LogP contribution >= 0.6 is 0 Å². The number of piperidine rings is 4. The van der Waals surface area contributed by atoms with Gasteiger partial charge in [0, 0.05) is 57.6 Å². The van der Waals surface area contributed by atoms with Gasteiger partial charge < -0.3 is 10.2 Å². The maximum Gasteiger partial charge on any atom is 0.220 e. The van der Waals surface area contributed by atoms with Gasteiger partial charge in [-0.05, 0) is 81.9 Å². The Morgan fingerprint density at radius 3 is 2.46 bits per heavy atom. The quantitative estimate of drug-likeness (QED) is 0.647. The number of nitrogens with one attached hydrogen (secondary N) is 1. The van der Waals surface area contributed by atoms with Crippen LogP contribution in [-0.4, -0.2) is 77.4 Å². The van der Waals surface area contributed by atoms with Gasteiger partial charge in [0.25, 0.3) is 0 Å². The van der Waals surface area contributed by atoms with Gasteiger partial charge in [0.2, 0.25) is 11.8 Å². The van der Waals surface area contributed by atoms with Crippen molar-refractivity contribution >= 4 is 11.8 Å². The van der Waals surface area contributed by atoms with Crippen LogP contribution in [0.1, 0.15) is 70.3 Å². The lowest BCUT2D eigenvalue weighted by atomic mass is 9.69. The van der Waals surface area contributed by atoms with E-state index in [-0.39, 0.29) is 11.8 Å². The standard InChI is InChI=1S/C29H44N4O2/c1-22(34)33-21-24-10-6-16-32-17-7-11-26(29(24)32)27(33)12-5-13-28(35)30-25-14-18-31(19-15-25)20-23-8-3-2-4-9-23/h2-4,8-9,24-27,29H,5-7,10-21H2,1H3,(H,30,35)/t24-,26+,27+,29-/m0/s1. The van der Waals surface area contributed by atoms with Crippen LogP contribution in [0.3, 0.4) is 0 Å². The van der Waals surface area contributed by atoms with Gasteiger partial charge in [0.05, 0.1) is 0 Å². The van der Waals surface area contributed by atoms with Gasteiger partial charge in [-0.25, -0.2) is 0 Å². The molecule has 0 saturated carbocycles. The van der Waals surface area contributed by atoms with Crippen LogP contribution in [0.2, 0.25) is 0 Å². The largest absolute Gasteiger partial charge is 0.353 e. The van der Waals surface area contributed by atoms with E-state index in [1.54, 1.807) is 6.92 Å². The first-order valence-corrected chi connectivity index (χ1v) is 14.2. The average Bonchev–Trinajstić information content (AvgIpc) is 2.87. The van der Waals surface area contributed by atoms with E-state index >= 15 is 0 Å². The molecule has 35 heavy (non-hydrogen) atoms. The Kier molecular flexibility index (Phi) is 8.08. The van der Waals surface area contributed by atoms with Crippen LogP contribution < -0.4 is 5.32 Å². The molecule has 2 amide bonds. The molecule has 4 heterocycles. The van der Waals surface area contributed by atoms with Gasteiger partial charge in [-0.3, -0.25) is 19.4 Å². The lowest BCUT2D eigenvalue weighted by Crippen LogP contribution is -2.65. The summed E-state index contributed by atoms with van der Waals surface area (Å²) in [5, 5.41) is 3.31. The second-order valence-electron chi connectivity index (χ2n) is 11.5. The Morgan fingerprint density at radius 2 is 1.71 bits per heavy atom. The molecular weight excluding hydrogens is 436 g/mol. The monoisotopic (exact) mass is 480 g/mol. The first-order valence-electron chi connectivity index (χ1n) is 14.2. The molecule has 0 bridgehead atoms. The zero-order valence-corrected chi connectivity index (χ0v) is 21.5. The maximum atomic E-state index is 12.8. The minimum absolute atomic E-state index is 0.192. The molecule has 0 unspecified atom stereocenters. The van der Waals surface area contributed by atoms with Crippen LogP contribution in [-0.2, 0) is 16.1 Å². The molecule has 1 N–H and O–H groups in total. The predicted molar refractivity (Wildman–Crippen MR) is 139 cm³/mol. The minimum atomic E-state index is 0.192. The van der Waals surface area contributed by atoms with E-state index < -0.39 is 0 Å². The molecule has 5 rings (SSSR count). The highest BCUT2D eigenvalue weighted by Crippen LogP contribution is 2.43. The summed E-state index contributed by atoms with van der Waals surface area (Å²) in [4.78, 5) is 32.7. The number of nitrogens with zero attached hydrogens (tertiary/aromatic N) is 3. The molecule has 0 aliphatic carbocycles. The zero-order valence-electron chi connectivity index (χ0n) is 21.5. The van der Waals surface area contributed by atoms with Gasteiger partial charge in [-0.1, -0.05) is 30.3 Å². The Hall–Kier alpha value is -1.92. The highest BCUT2D eigenvalue weighted by atomic mass is 16.2. The van der Waals surface area contributed by atoms with E-state index in [4.69, 9.17) is 0 Å². The summed E-state index contributed by atoms with van der Waals surface area (Å²) in [5.41, 5.74) is 1.36. The summed E-state index contributed by atoms with van der Waals surface area (Å²) >= 11 is 0. The second-order valence-corrected chi connectivity index (χ2v) is 11.5. The molecule has 0 radical (unpaired) electrons. The molecule has 1 aromatic rings. The number of hydrogen-bond acceptors (Lipinski definition) is 4. The molecule has 1 aromatic carbocycles. The third kappa shape index (κ3) is 5.91. The Balaban J connectivity index is 1.08. The lowest BCUT2D eigenvalue weighted by Gasteiger charge is -2.57. The van der Waals surface area contributed by atoms with E-state index in [2.05, 4.69) is 50.3 Å². The summed E-state index contributed by atoms with van der Waals surface area (Å²) in [7, 11) is 0. The van der Waals surface area contributed by atoms with Crippen LogP contribution in [0.15, 0.2) is 30.3 Å². The van der Waals surface area contributed by atoms with Gasteiger partial charge in [0.15, 0.2) is 0 Å². The van der Waals surface area contributed by atoms with Crippen molar-refractivity contribution in [2.75, 3.05) is 32.7 Å². The van der Waals surface area contributed by atoms with E-state index in [9.17, 15) is 9.59 Å². The molecule has 4 aliphatic heterocycles. The molecule has 4 saturated heterocycles. The minimum Gasteiger partial charge on any atom is -0.353 e. The third-order valence-corrected chi connectivity index (χ3v) is 9.18. The summed E-state index contributed by atoms with van der Waals surface area (Å²) < 4.78 is 0. The van der Waals surface area contributed by atoms with Crippen molar-refractivity contribution in [3.8, 4) is 0 Å². The van der Waals surface area contributed by atoms with Crippen LogP contribution in [0.25, 0.3) is 0 Å². The number of rotatable bonds is 7. The van der Waals surface area contributed by atoms with Gasteiger partial charge in [-0.15, -0.1) is 0 Å². The number of likely N-dealkylation sites (tertiary alicyclic amines) is 2. The average molecular weight is 481 g/mol. The molecule has 4 aliphatic rings. The summed E-state index contributed by atoms with van der Waals surface area (Å²) in [6.07, 6.45) is 9.50.